The topological polar surface area (TPSA) is 89.4 Å². The Labute approximate surface area is 139 Å². The van der Waals surface area contributed by atoms with E-state index in [0.717, 1.165) is 5.56 Å². The van der Waals surface area contributed by atoms with E-state index in [2.05, 4.69) is 15.5 Å². The van der Waals surface area contributed by atoms with E-state index in [9.17, 15) is 14.4 Å². The van der Waals surface area contributed by atoms with Crippen molar-refractivity contribution in [2.75, 3.05) is 12.0 Å². The average molecular weight is 329 g/mol. The number of ether oxygens (including phenoxy) is 1. The van der Waals surface area contributed by atoms with E-state index in [0.29, 0.717) is 0 Å². The maximum atomic E-state index is 12.4. The lowest BCUT2D eigenvalue weighted by molar-refractivity contribution is -0.145. The molecule has 0 spiro atoms. The molecule has 126 valence electrons. The number of carbonyl (C=O) groups is 3. The summed E-state index contributed by atoms with van der Waals surface area (Å²) in [6.07, 6.45) is 1.54. The van der Waals surface area contributed by atoms with Crippen LogP contribution in [0.3, 0.4) is 0 Å². The van der Waals surface area contributed by atoms with Gasteiger partial charge in [0.25, 0.3) is 11.8 Å². The molecule has 1 unspecified atom stereocenters. The quantitative estimate of drug-likeness (QED) is 0.788. The van der Waals surface area contributed by atoms with Gasteiger partial charge in [0, 0.05) is 13.1 Å². The number of hydrogen-bond acceptors (Lipinski definition) is 4. The van der Waals surface area contributed by atoms with E-state index in [-0.39, 0.29) is 17.6 Å². The van der Waals surface area contributed by atoms with Crippen LogP contribution in [0.4, 0.5) is 0 Å². The molecule has 1 heterocycles. The Balaban J connectivity index is 1.99. The molecule has 2 amide bonds. The van der Waals surface area contributed by atoms with Crippen molar-refractivity contribution in [2.24, 2.45) is 0 Å². The summed E-state index contributed by atoms with van der Waals surface area (Å²) in [6, 6.07) is 12.6. The zero-order valence-electron chi connectivity index (χ0n) is 13.5. The Kier molecular flexibility index (Phi) is 5.73. The highest BCUT2D eigenvalue weighted by Crippen LogP contribution is 2.12. The standard InChI is InChI=1S/C17H19N3O4/c1-12(14-7-4-3-5-8-14)18-17(23)15-9-6-10-20(15)19-16(22)11-24-13(2)21/h3-10,12H,11H2,1-2H3,(H,18,23)(H,19,22). The molecule has 2 N–H and O–H groups in total. The van der Waals surface area contributed by atoms with Crippen LogP contribution in [-0.4, -0.2) is 29.1 Å². The molecule has 0 bridgehead atoms. The molecular formula is C17H19N3O4. The maximum Gasteiger partial charge on any atom is 0.303 e. The second-order valence-corrected chi connectivity index (χ2v) is 5.18. The predicted molar refractivity (Wildman–Crippen MR) is 87.8 cm³/mol. The summed E-state index contributed by atoms with van der Waals surface area (Å²) in [4.78, 5) is 34.8. The smallest absolute Gasteiger partial charge is 0.303 e. The van der Waals surface area contributed by atoms with Crippen LogP contribution in [0.15, 0.2) is 48.7 Å². The largest absolute Gasteiger partial charge is 0.456 e. The van der Waals surface area contributed by atoms with Crippen LogP contribution in [0.25, 0.3) is 0 Å². The zero-order valence-corrected chi connectivity index (χ0v) is 13.5. The van der Waals surface area contributed by atoms with Crippen LogP contribution in [0, 0.1) is 0 Å². The van der Waals surface area contributed by atoms with Crippen molar-refractivity contribution in [1.29, 1.82) is 0 Å². The Morgan fingerprint density at radius 1 is 1.12 bits per heavy atom. The fourth-order valence-electron chi connectivity index (χ4n) is 2.09. The molecule has 2 aromatic rings. The van der Waals surface area contributed by atoms with Crippen molar-refractivity contribution in [3.63, 3.8) is 0 Å². The lowest BCUT2D eigenvalue weighted by atomic mass is 10.1. The summed E-state index contributed by atoms with van der Waals surface area (Å²) in [6.45, 7) is 2.68. The van der Waals surface area contributed by atoms with Crippen LogP contribution in [0.2, 0.25) is 0 Å². The van der Waals surface area contributed by atoms with Crippen molar-refractivity contribution in [2.45, 2.75) is 19.9 Å². The summed E-state index contributed by atoms with van der Waals surface area (Å²) >= 11 is 0. The number of carbonyl (C=O) groups excluding carboxylic acids is 3. The number of nitrogens with zero attached hydrogens (tertiary/aromatic N) is 1. The number of amides is 2. The van der Waals surface area contributed by atoms with E-state index >= 15 is 0 Å². The fourth-order valence-corrected chi connectivity index (χ4v) is 2.09. The number of esters is 1. The van der Waals surface area contributed by atoms with E-state index in [1.54, 1.807) is 12.1 Å². The van der Waals surface area contributed by atoms with Gasteiger partial charge in [-0.1, -0.05) is 30.3 Å². The van der Waals surface area contributed by atoms with Crippen molar-refractivity contribution in [3.8, 4) is 0 Å². The van der Waals surface area contributed by atoms with E-state index in [1.807, 2.05) is 37.3 Å². The Morgan fingerprint density at radius 3 is 2.50 bits per heavy atom. The van der Waals surface area contributed by atoms with Crippen LogP contribution in [0.5, 0.6) is 0 Å². The van der Waals surface area contributed by atoms with Crippen LogP contribution >= 0.6 is 0 Å². The molecular weight excluding hydrogens is 310 g/mol. The molecule has 1 aromatic carbocycles. The monoisotopic (exact) mass is 329 g/mol. The van der Waals surface area contributed by atoms with Crippen LogP contribution < -0.4 is 10.7 Å². The van der Waals surface area contributed by atoms with Gasteiger partial charge in [-0.25, -0.2) is 0 Å². The summed E-state index contributed by atoms with van der Waals surface area (Å²) in [5.41, 5.74) is 3.73. The van der Waals surface area contributed by atoms with Gasteiger partial charge >= 0.3 is 5.97 Å². The van der Waals surface area contributed by atoms with Gasteiger partial charge < -0.3 is 10.1 Å². The minimum Gasteiger partial charge on any atom is -0.456 e. The maximum absolute atomic E-state index is 12.4. The third-order valence-electron chi connectivity index (χ3n) is 3.28. The molecule has 0 radical (unpaired) electrons. The molecule has 2 rings (SSSR count). The molecule has 1 aromatic heterocycles. The van der Waals surface area contributed by atoms with Crippen molar-refractivity contribution in [3.05, 3.63) is 59.9 Å². The summed E-state index contributed by atoms with van der Waals surface area (Å²) in [5, 5.41) is 2.87. The molecule has 7 nitrogen and oxygen atoms in total. The zero-order chi connectivity index (χ0) is 17.5. The number of hydrogen-bond donors (Lipinski definition) is 2. The van der Waals surface area contributed by atoms with Gasteiger partial charge in [-0.3, -0.25) is 24.5 Å². The molecule has 0 fully saturated rings. The fraction of sp³-hybridized carbons (Fsp3) is 0.235. The summed E-state index contributed by atoms with van der Waals surface area (Å²) in [7, 11) is 0. The van der Waals surface area contributed by atoms with Crippen molar-refractivity contribution >= 4 is 17.8 Å². The molecule has 24 heavy (non-hydrogen) atoms. The van der Waals surface area contributed by atoms with Gasteiger partial charge in [-0.15, -0.1) is 0 Å². The highest BCUT2D eigenvalue weighted by molar-refractivity contribution is 5.94. The first-order valence-corrected chi connectivity index (χ1v) is 7.43. The van der Waals surface area contributed by atoms with Crippen LogP contribution in [-0.2, 0) is 14.3 Å². The lowest BCUT2D eigenvalue weighted by Gasteiger charge is -2.16. The van der Waals surface area contributed by atoms with Gasteiger partial charge in [0.15, 0.2) is 6.61 Å². The van der Waals surface area contributed by atoms with Gasteiger partial charge in [-0.05, 0) is 24.6 Å². The Bertz CT molecular complexity index is 724. The number of aromatic nitrogens is 1. The third-order valence-corrected chi connectivity index (χ3v) is 3.28. The summed E-state index contributed by atoms with van der Waals surface area (Å²) < 4.78 is 5.90. The molecule has 7 heteroatoms. The first-order valence-electron chi connectivity index (χ1n) is 7.43. The van der Waals surface area contributed by atoms with E-state index < -0.39 is 18.5 Å². The highest BCUT2D eigenvalue weighted by atomic mass is 16.5. The van der Waals surface area contributed by atoms with Gasteiger partial charge in [0.05, 0.1) is 6.04 Å². The molecule has 0 saturated heterocycles. The molecule has 0 aliphatic rings. The normalized spacial score (nSPS) is 11.4. The lowest BCUT2D eigenvalue weighted by Crippen LogP contribution is -2.33. The third kappa shape index (κ3) is 4.70. The second-order valence-electron chi connectivity index (χ2n) is 5.18. The molecule has 0 aliphatic carbocycles. The van der Waals surface area contributed by atoms with Crippen molar-refractivity contribution in [1.82, 2.24) is 9.99 Å². The SMILES string of the molecule is CC(=O)OCC(=O)Nn1cccc1C(=O)NC(C)c1ccccc1. The second kappa shape index (κ2) is 7.96. The number of rotatable bonds is 6. The molecule has 0 aliphatic heterocycles. The molecule has 1 atom stereocenters. The minimum atomic E-state index is -0.549. The van der Waals surface area contributed by atoms with E-state index in [1.165, 1.54) is 17.8 Å². The number of benzene rings is 1. The highest BCUT2D eigenvalue weighted by Gasteiger charge is 2.16. The first kappa shape index (κ1) is 17.3. The van der Waals surface area contributed by atoms with Crippen molar-refractivity contribution < 1.29 is 19.1 Å². The van der Waals surface area contributed by atoms with Gasteiger partial charge in [0.2, 0.25) is 0 Å². The minimum absolute atomic E-state index is 0.182. The first-order chi connectivity index (χ1) is 11.5. The Hall–Kier alpha value is -3.09. The van der Waals surface area contributed by atoms with Gasteiger partial charge in [-0.2, -0.15) is 0 Å². The number of nitrogens with one attached hydrogen (secondary N) is 2. The summed E-state index contributed by atoms with van der Waals surface area (Å²) in [5.74, 6) is -1.41. The predicted octanol–water partition coefficient (Wildman–Crippen LogP) is 1.61. The van der Waals surface area contributed by atoms with Gasteiger partial charge in [0.1, 0.15) is 5.69 Å². The van der Waals surface area contributed by atoms with Crippen LogP contribution in [0.1, 0.15) is 35.9 Å². The molecule has 0 saturated carbocycles. The average Bonchev–Trinajstić information content (AvgIpc) is 3.02. The van der Waals surface area contributed by atoms with E-state index in [4.69, 9.17) is 0 Å². The Morgan fingerprint density at radius 2 is 1.83 bits per heavy atom.